The molecule has 1 amide bonds. The number of ether oxygens (including phenoxy) is 1. The Morgan fingerprint density at radius 3 is 2.48 bits per heavy atom. The van der Waals surface area contributed by atoms with Crippen molar-refractivity contribution in [3.05, 3.63) is 0 Å². The van der Waals surface area contributed by atoms with E-state index in [1.54, 1.807) is 0 Å². The molecule has 1 N–H and O–H groups in total. The number of carbonyl (C=O) groups is 1. The summed E-state index contributed by atoms with van der Waals surface area (Å²) in [4.78, 5) is 14.0. The van der Waals surface area contributed by atoms with E-state index in [1.165, 1.54) is 38.5 Å². The number of amides is 1. The Labute approximate surface area is 143 Å². The van der Waals surface area contributed by atoms with E-state index in [1.807, 2.05) is 25.7 Å². The molecule has 1 saturated heterocycles. The molecule has 0 radical (unpaired) electrons. The first-order valence-electron chi connectivity index (χ1n) is 9.63. The van der Waals surface area contributed by atoms with Gasteiger partial charge < -0.3 is 15.0 Å². The van der Waals surface area contributed by atoms with Crippen molar-refractivity contribution >= 4 is 6.09 Å². The lowest BCUT2D eigenvalue weighted by atomic mass is 10.1. The number of hydrogen-bond acceptors (Lipinski definition) is 3. The maximum absolute atomic E-state index is 12.1. The van der Waals surface area contributed by atoms with Crippen LogP contribution >= 0.6 is 0 Å². The highest BCUT2D eigenvalue weighted by molar-refractivity contribution is 5.68. The first-order chi connectivity index (χ1) is 10.9. The van der Waals surface area contributed by atoms with Gasteiger partial charge in [0.2, 0.25) is 0 Å². The van der Waals surface area contributed by atoms with Crippen LogP contribution in [0.1, 0.15) is 85.5 Å². The number of carbonyl (C=O) groups excluding carboxylic acids is 1. The van der Waals surface area contributed by atoms with Gasteiger partial charge in [-0.25, -0.2) is 4.79 Å². The highest BCUT2D eigenvalue weighted by Gasteiger charge is 2.24. The molecule has 1 heterocycles. The van der Waals surface area contributed by atoms with Gasteiger partial charge in [0.25, 0.3) is 0 Å². The second-order valence-electron chi connectivity index (χ2n) is 7.82. The number of likely N-dealkylation sites (tertiary alicyclic amines) is 1. The average molecular weight is 327 g/mol. The van der Waals surface area contributed by atoms with Gasteiger partial charge in [-0.1, -0.05) is 39.0 Å². The van der Waals surface area contributed by atoms with Crippen LogP contribution in [-0.4, -0.2) is 42.3 Å². The fourth-order valence-corrected chi connectivity index (χ4v) is 3.02. The van der Waals surface area contributed by atoms with Crippen LogP contribution < -0.4 is 5.32 Å². The highest BCUT2D eigenvalue weighted by atomic mass is 16.6. The Bertz CT molecular complexity index is 326. The summed E-state index contributed by atoms with van der Waals surface area (Å²) in [6, 6.07) is 0.554. The summed E-state index contributed by atoms with van der Waals surface area (Å²) in [5.74, 6) is 0. The molecule has 0 aromatic carbocycles. The van der Waals surface area contributed by atoms with Gasteiger partial charge in [-0.05, 0) is 53.0 Å². The number of nitrogens with one attached hydrogen (secondary N) is 1. The second-order valence-corrected chi connectivity index (χ2v) is 7.82. The summed E-state index contributed by atoms with van der Waals surface area (Å²) in [5, 5.41) is 3.68. The molecule has 1 rings (SSSR count). The van der Waals surface area contributed by atoms with E-state index in [9.17, 15) is 4.79 Å². The van der Waals surface area contributed by atoms with Gasteiger partial charge >= 0.3 is 6.09 Å². The Morgan fingerprint density at radius 2 is 1.78 bits per heavy atom. The zero-order valence-corrected chi connectivity index (χ0v) is 15.8. The summed E-state index contributed by atoms with van der Waals surface area (Å²) in [5.41, 5.74) is -0.404. The van der Waals surface area contributed by atoms with E-state index >= 15 is 0 Å². The van der Waals surface area contributed by atoms with E-state index in [0.29, 0.717) is 6.04 Å². The first kappa shape index (κ1) is 20.3. The molecule has 23 heavy (non-hydrogen) atoms. The van der Waals surface area contributed by atoms with Crippen molar-refractivity contribution in [2.75, 3.05) is 19.6 Å². The lowest BCUT2D eigenvalue weighted by Gasteiger charge is -2.26. The zero-order chi connectivity index (χ0) is 17.1. The van der Waals surface area contributed by atoms with Crippen molar-refractivity contribution in [3.8, 4) is 0 Å². The fourth-order valence-electron chi connectivity index (χ4n) is 3.02. The zero-order valence-electron chi connectivity index (χ0n) is 15.8. The summed E-state index contributed by atoms with van der Waals surface area (Å²) in [7, 11) is 0. The molecule has 0 aliphatic carbocycles. The van der Waals surface area contributed by atoms with Gasteiger partial charge in [0.1, 0.15) is 5.60 Å². The molecule has 0 aromatic heterocycles. The fraction of sp³-hybridized carbons (Fsp3) is 0.947. The monoisotopic (exact) mass is 326 g/mol. The summed E-state index contributed by atoms with van der Waals surface area (Å²) in [6.07, 6.45) is 11.1. The molecule has 0 aromatic rings. The summed E-state index contributed by atoms with van der Waals surface area (Å²) < 4.78 is 5.48. The molecule has 1 aliphatic heterocycles. The van der Waals surface area contributed by atoms with Crippen molar-refractivity contribution in [2.45, 2.75) is 97.1 Å². The minimum atomic E-state index is -0.404. The van der Waals surface area contributed by atoms with Gasteiger partial charge in [0.05, 0.1) is 0 Å². The number of unbranched alkanes of at least 4 members (excludes halogenated alkanes) is 5. The van der Waals surface area contributed by atoms with Gasteiger partial charge in [0.15, 0.2) is 0 Å². The third-order valence-electron chi connectivity index (χ3n) is 4.34. The van der Waals surface area contributed by atoms with Crippen molar-refractivity contribution in [1.82, 2.24) is 10.2 Å². The lowest BCUT2D eigenvalue weighted by molar-refractivity contribution is 0.0256. The quantitative estimate of drug-likeness (QED) is 0.656. The standard InChI is InChI=1S/C19H38N2O2/c1-5-6-7-8-9-10-14-20-17-12-11-15-21(16-13-17)18(22)23-19(2,3)4/h17,20H,5-16H2,1-4H3. The van der Waals surface area contributed by atoms with Crippen molar-refractivity contribution in [2.24, 2.45) is 0 Å². The van der Waals surface area contributed by atoms with Crippen LogP contribution in [0.2, 0.25) is 0 Å². The molecule has 136 valence electrons. The third kappa shape index (κ3) is 9.85. The van der Waals surface area contributed by atoms with Crippen LogP contribution in [0.3, 0.4) is 0 Å². The van der Waals surface area contributed by atoms with Crippen molar-refractivity contribution in [3.63, 3.8) is 0 Å². The Hall–Kier alpha value is -0.770. The van der Waals surface area contributed by atoms with Crippen LogP contribution in [0.5, 0.6) is 0 Å². The molecule has 0 saturated carbocycles. The van der Waals surface area contributed by atoms with Crippen LogP contribution in [0, 0.1) is 0 Å². The Kier molecular flexibility index (Phi) is 9.61. The van der Waals surface area contributed by atoms with Gasteiger partial charge in [-0.15, -0.1) is 0 Å². The maximum Gasteiger partial charge on any atom is 0.410 e. The molecule has 1 unspecified atom stereocenters. The number of nitrogens with zero attached hydrogens (tertiary/aromatic N) is 1. The van der Waals surface area contributed by atoms with E-state index in [-0.39, 0.29) is 6.09 Å². The molecule has 1 atom stereocenters. The predicted octanol–water partition coefficient (Wildman–Crippen LogP) is 4.73. The first-order valence-corrected chi connectivity index (χ1v) is 9.63. The van der Waals surface area contributed by atoms with Gasteiger partial charge in [-0.2, -0.15) is 0 Å². The molecule has 1 aliphatic rings. The lowest BCUT2D eigenvalue weighted by Crippen LogP contribution is -2.38. The average Bonchev–Trinajstić information content (AvgIpc) is 2.70. The van der Waals surface area contributed by atoms with E-state index < -0.39 is 5.60 Å². The number of rotatable bonds is 8. The predicted molar refractivity (Wildman–Crippen MR) is 96.8 cm³/mol. The van der Waals surface area contributed by atoms with Crippen molar-refractivity contribution in [1.29, 1.82) is 0 Å². The third-order valence-corrected chi connectivity index (χ3v) is 4.34. The molecular weight excluding hydrogens is 288 g/mol. The Balaban J connectivity index is 2.16. The van der Waals surface area contributed by atoms with Crippen LogP contribution in [0.25, 0.3) is 0 Å². The van der Waals surface area contributed by atoms with Crippen LogP contribution in [-0.2, 0) is 4.74 Å². The minimum absolute atomic E-state index is 0.158. The molecule has 0 bridgehead atoms. The van der Waals surface area contributed by atoms with E-state index in [0.717, 1.165) is 38.9 Å². The van der Waals surface area contributed by atoms with Gasteiger partial charge in [-0.3, -0.25) is 0 Å². The van der Waals surface area contributed by atoms with Crippen molar-refractivity contribution < 1.29 is 9.53 Å². The normalized spacial score (nSPS) is 19.5. The smallest absolute Gasteiger partial charge is 0.410 e. The molecular formula is C19H38N2O2. The Morgan fingerprint density at radius 1 is 1.09 bits per heavy atom. The minimum Gasteiger partial charge on any atom is -0.444 e. The molecule has 1 fully saturated rings. The maximum atomic E-state index is 12.1. The molecule has 4 heteroatoms. The van der Waals surface area contributed by atoms with Gasteiger partial charge in [0, 0.05) is 19.1 Å². The summed E-state index contributed by atoms with van der Waals surface area (Å²) in [6.45, 7) is 10.8. The van der Waals surface area contributed by atoms with E-state index in [4.69, 9.17) is 4.74 Å². The largest absolute Gasteiger partial charge is 0.444 e. The molecule has 0 spiro atoms. The molecule has 4 nitrogen and oxygen atoms in total. The highest BCUT2D eigenvalue weighted by Crippen LogP contribution is 2.15. The number of hydrogen-bond donors (Lipinski definition) is 1. The SMILES string of the molecule is CCCCCCCCNC1CCCN(C(=O)OC(C)(C)C)CC1. The topological polar surface area (TPSA) is 41.6 Å². The van der Waals surface area contributed by atoms with Crippen LogP contribution in [0.4, 0.5) is 4.79 Å². The second kappa shape index (κ2) is 10.9. The van der Waals surface area contributed by atoms with E-state index in [2.05, 4.69) is 12.2 Å². The summed E-state index contributed by atoms with van der Waals surface area (Å²) >= 11 is 0. The van der Waals surface area contributed by atoms with Crippen LogP contribution in [0.15, 0.2) is 0 Å².